The Balaban J connectivity index is 1.83. The molecule has 0 aliphatic carbocycles. The average Bonchev–Trinajstić information content (AvgIpc) is 3.11. The van der Waals surface area contributed by atoms with Crippen LogP contribution in [0, 0.1) is 12.7 Å². The van der Waals surface area contributed by atoms with Crippen LogP contribution in [0.3, 0.4) is 0 Å². The first kappa shape index (κ1) is 18.7. The Kier molecular flexibility index (Phi) is 4.80. The number of aromatic nitrogens is 4. The molecule has 0 unspecified atom stereocenters. The van der Waals surface area contributed by atoms with Crippen LogP contribution < -0.4 is 0 Å². The van der Waals surface area contributed by atoms with Crippen LogP contribution in [0.25, 0.3) is 22.2 Å². The van der Waals surface area contributed by atoms with Crippen molar-refractivity contribution in [1.29, 1.82) is 0 Å². The molecule has 7 heteroatoms. The number of hydrogen-bond acceptors (Lipinski definition) is 4. The molecule has 6 nitrogen and oxygen atoms in total. The van der Waals surface area contributed by atoms with Crippen molar-refractivity contribution in [1.82, 2.24) is 20.2 Å². The normalized spacial score (nSPS) is 11.1. The standard InChI is InChI=1S/C22H19FN4O2/c1-13-17(11-21(28)29)10-15-6-7-18(23)12-20(15)19(13)9-14-4-3-5-16(8-14)22-24-25-26-27(22)2/h3-8,10,12H,9,11H2,1-2H3,(H,28,29). The first-order valence-electron chi connectivity index (χ1n) is 9.16. The molecular weight excluding hydrogens is 371 g/mol. The number of halogens is 1. The Morgan fingerprint density at radius 1 is 1.17 bits per heavy atom. The number of aryl methyl sites for hydroxylation is 1. The summed E-state index contributed by atoms with van der Waals surface area (Å²) < 4.78 is 15.6. The monoisotopic (exact) mass is 390 g/mol. The summed E-state index contributed by atoms with van der Waals surface area (Å²) in [5, 5.41) is 22.5. The molecule has 4 rings (SSSR count). The highest BCUT2D eigenvalue weighted by atomic mass is 19.1. The average molecular weight is 390 g/mol. The quantitative estimate of drug-likeness (QED) is 0.562. The van der Waals surface area contributed by atoms with Gasteiger partial charge in [0.1, 0.15) is 5.82 Å². The number of aliphatic carboxylic acids is 1. The molecule has 0 spiro atoms. The molecule has 0 amide bonds. The molecule has 1 N–H and O–H groups in total. The number of benzene rings is 3. The molecule has 0 saturated heterocycles. The second kappa shape index (κ2) is 7.43. The molecule has 3 aromatic carbocycles. The van der Waals surface area contributed by atoms with Gasteiger partial charge in [-0.25, -0.2) is 9.07 Å². The van der Waals surface area contributed by atoms with Crippen LogP contribution in [-0.2, 0) is 24.7 Å². The first-order valence-corrected chi connectivity index (χ1v) is 9.16. The highest BCUT2D eigenvalue weighted by molar-refractivity contribution is 5.89. The molecule has 0 fully saturated rings. The van der Waals surface area contributed by atoms with E-state index in [1.807, 2.05) is 37.3 Å². The fourth-order valence-corrected chi connectivity index (χ4v) is 3.68. The van der Waals surface area contributed by atoms with E-state index in [-0.39, 0.29) is 12.2 Å². The fourth-order valence-electron chi connectivity index (χ4n) is 3.68. The molecule has 0 bridgehead atoms. The third-order valence-electron chi connectivity index (χ3n) is 5.13. The third-order valence-corrected chi connectivity index (χ3v) is 5.13. The molecule has 0 saturated carbocycles. The van der Waals surface area contributed by atoms with E-state index in [9.17, 15) is 14.3 Å². The van der Waals surface area contributed by atoms with Crippen molar-refractivity contribution in [3.05, 3.63) is 76.6 Å². The molecule has 0 atom stereocenters. The van der Waals surface area contributed by atoms with Crippen LogP contribution in [0.4, 0.5) is 4.39 Å². The minimum Gasteiger partial charge on any atom is -0.481 e. The molecule has 1 aromatic heterocycles. The van der Waals surface area contributed by atoms with Gasteiger partial charge in [0.2, 0.25) is 0 Å². The first-order chi connectivity index (χ1) is 13.9. The fraction of sp³-hybridized carbons (Fsp3) is 0.182. The lowest BCUT2D eigenvalue weighted by molar-refractivity contribution is -0.136. The zero-order valence-electron chi connectivity index (χ0n) is 16.1. The summed E-state index contributed by atoms with van der Waals surface area (Å²) in [7, 11) is 1.78. The molecule has 1 heterocycles. The van der Waals surface area contributed by atoms with Gasteiger partial charge in [-0.2, -0.15) is 0 Å². The van der Waals surface area contributed by atoms with Gasteiger partial charge in [-0.05, 0) is 75.0 Å². The van der Waals surface area contributed by atoms with Crippen molar-refractivity contribution >= 4 is 16.7 Å². The van der Waals surface area contributed by atoms with Crippen molar-refractivity contribution in [3.8, 4) is 11.4 Å². The van der Waals surface area contributed by atoms with E-state index >= 15 is 0 Å². The van der Waals surface area contributed by atoms with Crippen molar-refractivity contribution in [3.63, 3.8) is 0 Å². The van der Waals surface area contributed by atoms with Gasteiger partial charge in [0.25, 0.3) is 0 Å². The Bertz CT molecular complexity index is 1230. The Hall–Kier alpha value is -3.61. The van der Waals surface area contributed by atoms with Gasteiger partial charge in [-0.15, -0.1) is 5.10 Å². The summed E-state index contributed by atoms with van der Waals surface area (Å²) in [5.74, 6) is -0.556. The summed E-state index contributed by atoms with van der Waals surface area (Å²) in [6.07, 6.45) is 0.467. The maximum absolute atomic E-state index is 14.0. The van der Waals surface area contributed by atoms with Gasteiger partial charge in [0.15, 0.2) is 5.82 Å². The predicted molar refractivity (Wildman–Crippen MR) is 107 cm³/mol. The van der Waals surface area contributed by atoms with Gasteiger partial charge in [0, 0.05) is 12.6 Å². The number of carboxylic acids is 1. The summed E-state index contributed by atoms with van der Waals surface area (Å²) in [6.45, 7) is 1.90. The van der Waals surface area contributed by atoms with Crippen LogP contribution in [0.15, 0.2) is 48.5 Å². The van der Waals surface area contributed by atoms with E-state index in [4.69, 9.17) is 0 Å². The van der Waals surface area contributed by atoms with E-state index in [1.54, 1.807) is 17.8 Å². The van der Waals surface area contributed by atoms with Gasteiger partial charge < -0.3 is 5.11 Å². The highest BCUT2D eigenvalue weighted by Gasteiger charge is 2.15. The van der Waals surface area contributed by atoms with Crippen LogP contribution >= 0.6 is 0 Å². The zero-order chi connectivity index (χ0) is 20.5. The van der Waals surface area contributed by atoms with Crippen LogP contribution in [0.2, 0.25) is 0 Å². The van der Waals surface area contributed by atoms with Crippen LogP contribution in [-0.4, -0.2) is 31.3 Å². The largest absolute Gasteiger partial charge is 0.481 e. The lowest BCUT2D eigenvalue weighted by Gasteiger charge is -2.15. The SMILES string of the molecule is Cc1c(CC(=O)O)cc2ccc(F)cc2c1Cc1cccc(-c2nnnn2C)c1. The van der Waals surface area contributed by atoms with Crippen molar-refractivity contribution in [2.75, 3.05) is 0 Å². The summed E-state index contributed by atoms with van der Waals surface area (Å²) in [5.41, 5.74) is 4.42. The number of rotatable bonds is 5. The van der Waals surface area contributed by atoms with Crippen LogP contribution in [0.1, 0.15) is 22.3 Å². The van der Waals surface area contributed by atoms with Crippen molar-refractivity contribution in [2.24, 2.45) is 7.05 Å². The Morgan fingerprint density at radius 2 is 2.00 bits per heavy atom. The molecule has 0 radical (unpaired) electrons. The number of nitrogens with zero attached hydrogens (tertiary/aromatic N) is 4. The van der Waals surface area contributed by atoms with E-state index < -0.39 is 5.97 Å². The topological polar surface area (TPSA) is 80.9 Å². The molecule has 29 heavy (non-hydrogen) atoms. The number of fused-ring (bicyclic) bond motifs is 1. The molecule has 4 aromatic rings. The number of carbonyl (C=O) groups is 1. The van der Waals surface area contributed by atoms with Crippen LogP contribution in [0.5, 0.6) is 0 Å². The van der Waals surface area contributed by atoms with Gasteiger partial charge >= 0.3 is 5.97 Å². The highest BCUT2D eigenvalue weighted by Crippen LogP contribution is 2.30. The van der Waals surface area contributed by atoms with E-state index in [1.165, 1.54) is 12.1 Å². The Morgan fingerprint density at radius 3 is 2.72 bits per heavy atom. The van der Waals surface area contributed by atoms with E-state index in [0.717, 1.165) is 38.6 Å². The maximum atomic E-state index is 14.0. The van der Waals surface area contributed by atoms with Crippen molar-refractivity contribution in [2.45, 2.75) is 19.8 Å². The number of hydrogen-bond donors (Lipinski definition) is 1. The summed E-state index contributed by atoms with van der Waals surface area (Å²) in [4.78, 5) is 11.3. The molecular formula is C22H19FN4O2. The lowest BCUT2D eigenvalue weighted by atomic mass is 9.89. The predicted octanol–water partition coefficient (Wildman–Crippen LogP) is 3.70. The van der Waals surface area contributed by atoms with E-state index in [2.05, 4.69) is 15.5 Å². The molecule has 0 aliphatic heterocycles. The third kappa shape index (κ3) is 3.71. The number of tetrazole rings is 1. The van der Waals surface area contributed by atoms with Crippen molar-refractivity contribution < 1.29 is 14.3 Å². The van der Waals surface area contributed by atoms with Gasteiger partial charge in [-0.1, -0.05) is 30.3 Å². The molecule has 146 valence electrons. The second-order valence-corrected chi connectivity index (χ2v) is 7.08. The second-order valence-electron chi connectivity index (χ2n) is 7.08. The lowest BCUT2D eigenvalue weighted by Crippen LogP contribution is -2.05. The number of carboxylic acid groups (broad SMARTS) is 1. The van der Waals surface area contributed by atoms with Gasteiger partial charge in [0.05, 0.1) is 6.42 Å². The minimum absolute atomic E-state index is 0.0726. The molecule has 0 aliphatic rings. The smallest absolute Gasteiger partial charge is 0.307 e. The summed E-state index contributed by atoms with van der Waals surface area (Å²) >= 11 is 0. The summed E-state index contributed by atoms with van der Waals surface area (Å²) in [6, 6.07) is 14.3. The van der Waals surface area contributed by atoms with Gasteiger partial charge in [-0.3, -0.25) is 4.79 Å². The Labute approximate surface area is 166 Å². The minimum atomic E-state index is -0.891. The zero-order valence-corrected chi connectivity index (χ0v) is 16.1. The maximum Gasteiger partial charge on any atom is 0.307 e. The van der Waals surface area contributed by atoms with E-state index in [0.29, 0.717) is 12.2 Å².